The van der Waals surface area contributed by atoms with Crippen LogP contribution in [0.15, 0.2) is 33.9 Å². The lowest BCUT2D eigenvalue weighted by Gasteiger charge is -2.27. The number of hydrogen-bond acceptors (Lipinski definition) is 6. The van der Waals surface area contributed by atoms with E-state index in [1.165, 1.54) is 11.6 Å². The molecule has 1 aromatic heterocycles. The molecule has 0 aliphatic heterocycles. The summed E-state index contributed by atoms with van der Waals surface area (Å²) < 4.78 is 22.1. The molecule has 0 aliphatic rings. The van der Waals surface area contributed by atoms with Crippen LogP contribution in [-0.2, 0) is 32.0 Å². The summed E-state index contributed by atoms with van der Waals surface area (Å²) in [6.07, 6.45) is 0.250. The summed E-state index contributed by atoms with van der Waals surface area (Å²) in [5.74, 6) is -1.19. The van der Waals surface area contributed by atoms with Gasteiger partial charge in [0.1, 0.15) is 12.3 Å². The standard InChI is InChI=1S/C26H41N4O6P/c1-8-36-37(35,16-30-25(33)20-11-9-10-12-22(20)29(7)26(30)34)15-19(13-17(2)3)23(31)28-21(14-18(4)5)24(32)27-6/h9-12,17-19,21H,8,13-16H2,1-7H3,(H,27,32)(H,28,31)/t19?,21-,37?/m0/s1. The average molecular weight is 537 g/mol. The van der Waals surface area contributed by atoms with Crippen LogP contribution in [-0.4, -0.2) is 46.8 Å². The van der Waals surface area contributed by atoms with Crippen molar-refractivity contribution >= 4 is 30.1 Å². The number of carbonyl (C=O) groups is 2. The predicted octanol–water partition coefficient (Wildman–Crippen LogP) is 2.91. The van der Waals surface area contributed by atoms with Crippen LogP contribution in [0.3, 0.4) is 0 Å². The molecule has 206 valence electrons. The van der Waals surface area contributed by atoms with Gasteiger partial charge in [0, 0.05) is 26.2 Å². The maximum atomic E-state index is 14.1. The molecule has 0 saturated carbocycles. The Bertz CT molecular complexity index is 1270. The molecule has 2 N–H and O–H groups in total. The normalized spacial score (nSPS) is 14.9. The van der Waals surface area contributed by atoms with E-state index < -0.39 is 42.8 Å². The Balaban J connectivity index is 2.45. The van der Waals surface area contributed by atoms with Gasteiger partial charge in [-0.25, -0.2) is 9.36 Å². The van der Waals surface area contributed by atoms with Crippen LogP contribution in [0.25, 0.3) is 10.9 Å². The Hall–Kier alpha value is -2.71. The van der Waals surface area contributed by atoms with E-state index in [4.69, 9.17) is 4.52 Å². The van der Waals surface area contributed by atoms with Gasteiger partial charge in [0.05, 0.1) is 17.5 Å². The highest BCUT2D eigenvalue weighted by molar-refractivity contribution is 7.57. The van der Waals surface area contributed by atoms with E-state index in [0.29, 0.717) is 23.7 Å². The molecule has 0 spiro atoms. The fourth-order valence-corrected chi connectivity index (χ4v) is 6.97. The second-order valence-corrected chi connectivity index (χ2v) is 12.8. The number of rotatable bonds is 13. The van der Waals surface area contributed by atoms with Gasteiger partial charge in [0.2, 0.25) is 19.2 Å². The number of para-hydroxylation sites is 1. The Morgan fingerprint density at radius 2 is 1.65 bits per heavy atom. The number of carbonyl (C=O) groups excluding carboxylic acids is 2. The smallest absolute Gasteiger partial charge is 0.331 e. The van der Waals surface area contributed by atoms with E-state index in [2.05, 4.69) is 10.6 Å². The molecule has 1 heterocycles. The maximum absolute atomic E-state index is 14.1. The minimum absolute atomic E-state index is 0.0875. The SMILES string of the molecule is CCOP(=O)(CC(CC(C)C)C(=O)N[C@@H](CC(C)C)C(=O)NC)Cn1c(=O)c2ccccc2n(C)c1=O. The molecule has 37 heavy (non-hydrogen) atoms. The van der Waals surface area contributed by atoms with E-state index in [1.807, 2.05) is 27.7 Å². The monoisotopic (exact) mass is 536 g/mol. The first-order valence-electron chi connectivity index (χ1n) is 12.8. The molecule has 0 aliphatic carbocycles. The van der Waals surface area contributed by atoms with Crippen LogP contribution < -0.4 is 21.9 Å². The minimum Gasteiger partial charge on any atom is -0.357 e. The van der Waals surface area contributed by atoms with Gasteiger partial charge >= 0.3 is 5.69 Å². The third-order valence-corrected chi connectivity index (χ3v) is 8.63. The molecule has 11 heteroatoms. The Morgan fingerprint density at radius 1 is 1.03 bits per heavy atom. The van der Waals surface area contributed by atoms with E-state index in [1.54, 1.807) is 38.2 Å². The van der Waals surface area contributed by atoms with Crippen molar-refractivity contribution in [3.63, 3.8) is 0 Å². The first-order chi connectivity index (χ1) is 17.3. The van der Waals surface area contributed by atoms with E-state index >= 15 is 0 Å². The van der Waals surface area contributed by atoms with Crippen molar-refractivity contribution in [1.82, 2.24) is 19.8 Å². The molecule has 2 unspecified atom stereocenters. The van der Waals surface area contributed by atoms with Crippen molar-refractivity contribution in [2.75, 3.05) is 19.8 Å². The van der Waals surface area contributed by atoms with Crippen LogP contribution >= 0.6 is 7.37 Å². The summed E-state index contributed by atoms with van der Waals surface area (Å²) in [4.78, 5) is 52.0. The van der Waals surface area contributed by atoms with Gasteiger partial charge in [-0.05, 0) is 43.7 Å². The zero-order valence-electron chi connectivity index (χ0n) is 22.9. The van der Waals surface area contributed by atoms with Crippen molar-refractivity contribution in [2.24, 2.45) is 24.8 Å². The topological polar surface area (TPSA) is 128 Å². The van der Waals surface area contributed by atoms with E-state index in [-0.39, 0.29) is 30.5 Å². The first-order valence-corrected chi connectivity index (χ1v) is 14.8. The predicted molar refractivity (Wildman–Crippen MR) is 146 cm³/mol. The van der Waals surface area contributed by atoms with Gasteiger partial charge in [-0.2, -0.15) is 0 Å². The molecule has 10 nitrogen and oxygen atoms in total. The largest absolute Gasteiger partial charge is 0.357 e. The number of hydrogen-bond donors (Lipinski definition) is 2. The number of aromatic nitrogens is 2. The number of aryl methyl sites for hydroxylation is 1. The maximum Gasteiger partial charge on any atom is 0.331 e. The number of benzene rings is 1. The highest BCUT2D eigenvalue weighted by Gasteiger charge is 2.35. The van der Waals surface area contributed by atoms with Gasteiger partial charge in [0.25, 0.3) is 5.56 Å². The summed E-state index contributed by atoms with van der Waals surface area (Å²) in [7, 11) is -0.610. The zero-order chi connectivity index (χ0) is 27.9. The summed E-state index contributed by atoms with van der Waals surface area (Å²) >= 11 is 0. The number of likely N-dealkylation sites (N-methyl/N-ethyl adjacent to an activating group) is 1. The molecular formula is C26H41N4O6P. The Kier molecular flexibility index (Phi) is 10.9. The van der Waals surface area contributed by atoms with Gasteiger partial charge < -0.3 is 15.2 Å². The van der Waals surface area contributed by atoms with Gasteiger partial charge in [-0.15, -0.1) is 0 Å². The van der Waals surface area contributed by atoms with Crippen molar-refractivity contribution in [1.29, 1.82) is 0 Å². The van der Waals surface area contributed by atoms with Gasteiger partial charge in [0.15, 0.2) is 0 Å². The Labute approximate surface area is 218 Å². The van der Waals surface area contributed by atoms with Crippen LogP contribution in [0.1, 0.15) is 47.5 Å². The van der Waals surface area contributed by atoms with Gasteiger partial charge in [-0.3, -0.25) is 23.5 Å². The fraction of sp³-hybridized carbons (Fsp3) is 0.615. The first kappa shape index (κ1) is 30.5. The third-order valence-electron chi connectivity index (χ3n) is 6.19. The number of nitrogens with zero attached hydrogens (tertiary/aromatic N) is 2. The molecule has 3 atom stereocenters. The lowest BCUT2D eigenvalue weighted by atomic mass is 9.96. The summed E-state index contributed by atoms with van der Waals surface area (Å²) in [5, 5.41) is 5.73. The van der Waals surface area contributed by atoms with E-state index in [9.17, 15) is 23.7 Å². The fourth-order valence-electron chi connectivity index (χ4n) is 4.53. The minimum atomic E-state index is -3.67. The molecule has 0 saturated heterocycles. The van der Waals surface area contributed by atoms with Crippen LogP contribution in [0.5, 0.6) is 0 Å². The number of nitrogens with one attached hydrogen (secondary N) is 2. The highest BCUT2D eigenvalue weighted by Crippen LogP contribution is 2.50. The Morgan fingerprint density at radius 3 is 2.22 bits per heavy atom. The molecule has 2 aromatic rings. The molecule has 2 amide bonds. The summed E-state index contributed by atoms with van der Waals surface area (Å²) in [5.41, 5.74) is -0.687. The third kappa shape index (κ3) is 7.89. The lowest BCUT2D eigenvalue weighted by Crippen LogP contribution is -2.49. The van der Waals surface area contributed by atoms with Crippen molar-refractivity contribution < 1.29 is 18.7 Å². The second-order valence-electron chi connectivity index (χ2n) is 10.3. The molecule has 0 fully saturated rings. The van der Waals surface area contributed by atoms with Crippen molar-refractivity contribution in [2.45, 2.75) is 59.8 Å². The van der Waals surface area contributed by atoms with Crippen LogP contribution in [0.4, 0.5) is 0 Å². The zero-order valence-corrected chi connectivity index (χ0v) is 23.8. The molecule has 0 bridgehead atoms. The average Bonchev–Trinajstić information content (AvgIpc) is 2.83. The van der Waals surface area contributed by atoms with Crippen LogP contribution in [0, 0.1) is 17.8 Å². The van der Waals surface area contributed by atoms with Gasteiger partial charge in [-0.1, -0.05) is 39.8 Å². The van der Waals surface area contributed by atoms with Crippen LogP contribution in [0.2, 0.25) is 0 Å². The molecule has 1 aromatic carbocycles. The quantitative estimate of drug-likeness (QED) is 0.379. The summed E-state index contributed by atoms with van der Waals surface area (Å²) in [6.45, 7) is 9.57. The van der Waals surface area contributed by atoms with Crippen molar-refractivity contribution in [3.8, 4) is 0 Å². The van der Waals surface area contributed by atoms with E-state index in [0.717, 1.165) is 4.57 Å². The summed E-state index contributed by atoms with van der Waals surface area (Å²) in [6, 6.07) is 5.99. The molecule has 2 rings (SSSR count). The molecule has 0 radical (unpaired) electrons. The molecular weight excluding hydrogens is 495 g/mol. The number of amides is 2. The number of fused-ring (bicyclic) bond motifs is 1. The highest BCUT2D eigenvalue weighted by atomic mass is 31.2. The second kappa shape index (κ2) is 13.2. The lowest BCUT2D eigenvalue weighted by molar-refractivity contribution is -0.131. The van der Waals surface area contributed by atoms with Crippen molar-refractivity contribution in [3.05, 3.63) is 45.1 Å².